The monoisotopic (exact) mass is 234 g/mol. The van der Waals surface area contributed by atoms with Crippen LogP contribution in [0.5, 0.6) is 0 Å². The number of benzene rings is 1. The van der Waals surface area contributed by atoms with Crippen LogP contribution in [-0.4, -0.2) is 17.9 Å². The van der Waals surface area contributed by atoms with E-state index < -0.39 is 11.9 Å². The van der Waals surface area contributed by atoms with Crippen molar-refractivity contribution >= 4 is 11.8 Å². The summed E-state index contributed by atoms with van der Waals surface area (Å²) in [5.41, 5.74) is 6.26. The van der Waals surface area contributed by atoms with Gasteiger partial charge in [0.25, 0.3) is 0 Å². The molecule has 0 aliphatic heterocycles. The van der Waals surface area contributed by atoms with E-state index in [0.717, 1.165) is 5.56 Å². The number of primary amides is 1. The van der Waals surface area contributed by atoms with Crippen LogP contribution < -0.4 is 11.1 Å². The molecule has 1 rings (SSSR count). The van der Waals surface area contributed by atoms with Crippen molar-refractivity contribution in [2.24, 2.45) is 5.73 Å². The summed E-state index contributed by atoms with van der Waals surface area (Å²) < 4.78 is 0. The smallest absolute Gasteiger partial charge is 0.239 e. The van der Waals surface area contributed by atoms with Gasteiger partial charge in [-0.1, -0.05) is 37.3 Å². The molecule has 1 aromatic carbocycles. The maximum atomic E-state index is 11.6. The SMILES string of the molecule is CC[C@H](NC(=O)CCc1ccccc1)C(N)=O. The summed E-state index contributed by atoms with van der Waals surface area (Å²) in [4.78, 5) is 22.5. The molecule has 3 N–H and O–H groups in total. The van der Waals surface area contributed by atoms with Gasteiger partial charge in [0.15, 0.2) is 0 Å². The molecule has 0 aliphatic rings. The highest BCUT2D eigenvalue weighted by atomic mass is 16.2. The van der Waals surface area contributed by atoms with E-state index in [-0.39, 0.29) is 5.91 Å². The molecule has 0 heterocycles. The summed E-state index contributed by atoms with van der Waals surface area (Å²) in [5.74, 6) is -0.625. The van der Waals surface area contributed by atoms with E-state index in [1.54, 1.807) is 0 Å². The number of aryl methyl sites for hydroxylation is 1. The molecule has 17 heavy (non-hydrogen) atoms. The molecule has 0 aromatic heterocycles. The highest BCUT2D eigenvalue weighted by Gasteiger charge is 2.15. The summed E-state index contributed by atoms with van der Waals surface area (Å²) in [5, 5.41) is 2.62. The lowest BCUT2D eigenvalue weighted by Gasteiger charge is -2.12. The first-order valence-corrected chi connectivity index (χ1v) is 5.76. The number of amides is 2. The van der Waals surface area contributed by atoms with Crippen LogP contribution in [0.4, 0.5) is 0 Å². The Balaban J connectivity index is 2.37. The number of rotatable bonds is 6. The second-order valence-corrected chi connectivity index (χ2v) is 3.92. The number of hydrogen-bond acceptors (Lipinski definition) is 2. The molecular formula is C13H18N2O2. The highest BCUT2D eigenvalue weighted by molar-refractivity contribution is 5.86. The molecule has 0 saturated heterocycles. The van der Waals surface area contributed by atoms with Crippen LogP contribution in [0, 0.1) is 0 Å². The zero-order valence-electron chi connectivity index (χ0n) is 9.98. The Labute approximate surface area is 101 Å². The van der Waals surface area contributed by atoms with Crippen molar-refractivity contribution in [1.29, 1.82) is 0 Å². The lowest BCUT2D eigenvalue weighted by Crippen LogP contribution is -2.44. The van der Waals surface area contributed by atoms with Gasteiger partial charge in [0, 0.05) is 6.42 Å². The van der Waals surface area contributed by atoms with Crippen LogP contribution in [-0.2, 0) is 16.0 Å². The largest absolute Gasteiger partial charge is 0.368 e. The molecule has 0 bridgehead atoms. The predicted octanol–water partition coefficient (Wildman–Crippen LogP) is 0.999. The number of nitrogens with two attached hydrogens (primary N) is 1. The molecule has 4 heteroatoms. The number of carbonyl (C=O) groups is 2. The Hall–Kier alpha value is -1.84. The molecule has 0 aliphatic carbocycles. The molecule has 92 valence electrons. The fraction of sp³-hybridized carbons (Fsp3) is 0.385. The number of carbonyl (C=O) groups excluding carboxylic acids is 2. The van der Waals surface area contributed by atoms with Gasteiger partial charge in [-0.25, -0.2) is 0 Å². The third kappa shape index (κ3) is 4.68. The molecule has 0 saturated carbocycles. The van der Waals surface area contributed by atoms with Gasteiger partial charge in [-0.2, -0.15) is 0 Å². The van der Waals surface area contributed by atoms with Crippen molar-refractivity contribution in [3.8, 4) is 0 Å². The first-order chi connectivity index (χ1) is 8.13. The third-order valence-electron chi connectivity index (χ3n) is 2.57. The lowest BCUT2D eigenvalue weighted by molar-refractivity contribution is -0.127. The summed E-state index contributed by atoms with van der Waals surface area (Å²) >= 11 is 0. The Morgan fingerprint density at radius 3 is 2.47 bits per heavy atom. The minimum absolute atomic E-state index is 0.139. The number of nitrogens with one attached hydrogen (secondary N) is 1. The van der Waals surface area contributed by atoms with E-state index in [1.165, 1.54) is 0 Å². The van der Waals surface area contributed by atoms with Gasteiger partial charge in [0.2, 0.25) is 11.8 Å². The molecular weight excluding hydrogens is 216 g/mol. The standard InChI is InChI=1S/C13H18N2O2/c1-2-11(13(14)17)15-12(16)9-8-10-6-4-3-5-7-10/h3-7,11H,2,8-9H2,1H3,(H2,14,17)(H,15,16)/t11-/m0/s1. The molecule has 4 nitrogen and oxygen atoms in total. The zero-order chi connectivity index (χ0) is 12.7. The second kappa shape index (κ2) is 6.68. The topological polar surface area (TPSA) is 72.2 Å². The van der Waals surface area contributed by atoms with E-state index >= 15 is 0 Å². The predicted molar refractivity (Wildman–Crippen MR) is 66.2 cm³/mol. The van der Waals surface area contributed by atoms with Gasteiger partial charge < -0.3 is 11.1 Å². The third-order valence-corrected chi connectivity index (χ3v) is 2.57. The van der Waals surface area contributed by atoms with E-state index in [2.05, 4.69) is 5.32 Å². The van der Waals surface area contributed by atoms with E-state index in [9.17, 15) is 9.59 Å². The molecule has 0 unspecified atom stereocenters. The first kappa shape index (κ1) is 13.2. The fourth-order valence-electron chi connectivity index (χ4n) is 1.54. The van der Waals surface area contributed by atoms with Crippen molar-refractivity contribution in [2.45, 2.75) is 32.2 Å². The molecule has 0 spiro atoms. The molecule has 1 atom stereocenters. The van der Waals surface area contributed by atoms with Crippen LogP contribution in [0.25, 0.3) is 0 Å². The molecule has 0 fully saturated rings. The minimum Gasteiger partial charge on any atom is -0.368 e. The van der Waals surface area contributed by atoms with E-state index in [1.807, 2.05) is 37.3 Å². The van der Waals surface area contributed by atoms with Crippen LogP contribution in [0.15, 0.2) is 30.3 Å². The molecule has 2 amide bonds. The quantitative estimate of drug-likeness (QED) is 0.770. The van der Waals surface area contributed by atoms with Crippen LogP contribution in [0.2, 0.25) is 0 Å². The van der Waals surface area contributed by atoms with Crippen LogP contribution in [0.3, 0.4) is 0 Å². The average Bonchev–Trinajstić information content (AvgIpc) is 2.34. The van der Waals surface area contributed by atoms with Crippen LogP contribution >= 0.6 is 0 Å². The fourth-order valence-corrected chi connectivity index (χ4v) is 1.54. The lowest BCUT2D eigenvalue weighted by atomic mass is 10.1. The first-order valence-electron chi connectivity index (χ1n) is 5.76. The molecule has 1 aromatic rings. The van der Waals surface area contributed by atoms with E-state index in [0.29, 0.717) is 19.3 Å². The van der Waals surface area contributed by atoms with Crippen molar-refractivity contribution in [2.75, 3.05) is 0 Å². The number of hydrogen-bond donors (Lipinski definition) is 2. The maximum Gasteiger partial charge on any atom is 0.239 e. The van der Waals surface area contributed by atoms with Gasteiger partial charge in [0.1, 0.15) is 6.04 Å². The van der Waals surface area contributed by atoms with Gasteiger partial charge in [-0.15, -0.1) is 0 Å². The summed E-state index contributed by atoms with van der Waals surface area (Å²) in [6.45, 7) is 1.81. The zero-order valence-corrected chi connectivity index (χ0v) is 9.98. The Kier molecular flexibility index (Phi) is 5.20. The minimum atomic E-state index is -0.557. The molecule has 0 radical (unpaired) electrons. The Morgan fingerprint density at radius 2 is 1.94 bits per heavy atom. The second-order valence-electron chi connectivity index (χ2n) is 3.92. The Bertz CT molecular complexity index is 376. The summed E-state index contributed by atoms with van der Waals surface area (Å²) in [6.07, 6.45) is 1.56. The van der Waals surface area contributed by atoms with Crippen LogP contribution in [0.1, 0.15) is 25.3 Å². The van der Waals surface area contributed by atoms with Crippen molar-refractivity contribution in [3.63, 3.8) is 0 Å². The van der Waals surface area contributed by atoms with Crippen molar-refractivity contribution in [3.05, 3.63) is 35.9 Å². The highest BCUT2D eigenvalue weighted by Crippen LogP contribution is 2.02. The van der Waals surface area contributed by atoms with Gasteiger partial charge in [-0.3, -0.25) is 9.59 Å². The van der Waals surface area contributed by atoms with Crippen molar-refractivity contribution in [1.82, 2.24) is 5.32 Å². The van der Waals surface area contributed by atoms with Crippen molar-refractivity contribution < 1.29 is 9.59 Å². The van der Waals surface area contributed by atoms with Gasteiger partial charge >= 0.3 is 0 Å². The normalized spacial score (nSPS) is 11.8. The van der Waals surface area contributed by atoms with Gasteiger partial charge in [-0.05, 0) is 18.4 Å². The summed E-state index contributed by atoms with van der Waals surface area (Å²) in [6, 6.07) is 9.19. The van der Waals surface area contributed by atoms with E-state index in [4.69, 9.17) is 5.73 Å². The maximum absolute atomic E-state index is 11.6. The summed E-state index contributed by atoms with van der Waals surface area (Å²) in [7, 11) is 0. The van der Waals surface area contributed by atoms with Gasteiger partial charge in [0.05, 0.1) is 0 Å². The average molecular weight is 234 g/mol. The Morgan fingerprint density at radius 1 is 1.29 bits per heavy atom.